The molecule has 0 spiro atoms. The lowest BCUT2D eigenvalue weighted by atomic mass is 9.77. The van der Waals surface area contributed by atoms with E-state index in [0.29, 0.717) is 13.0 Å². The quantitative estimate of drug-likeness (QED) is 0.278. The van der Waals surface area contributed by atoms with Gasteiger partial charge in [0.15, 0.2) is 0 Å². The van der Waals surface area contributed by atoms with E-state index in [2.05, 4.69) is 17.6 Å². The summed E-state index contributed by atoms with van der Waals surface area (Å²) < 4.78 is 5.97. The van der Waals surface area contributed by atoms with Gasteiger partial charge < -0.3 is 20.5 Å². The molecule has 2 amide bonds. The summed E-state index contributed by atoms with van der Waals surface area (Å²) in [6.45, 7) is 2.85. The van der Waals surface area contributed by atoms with Crippen molar-refractivity contribution in [1.29, 1.82) is 0 Å². The zero-order valence-electron chi connectivity index (χ0n) is 18.2. The fourth-order valence-electron chi connectivity index (χ4n) is 4.48. The molecule has 0 radical (unpaired) electrons. The molecule has 2 aliphatic heterocycles. The smallest absolute Gasteiger partial charge is 0.303 e. The van der Waals surface area contributed by atoms with Crippen LogP contribution in [0, 0.1) is 11.8 Å². The molecule has 0 saturated carbocycles. The number of hydrogen-bond acceptors (Lipinski definition) is 4. The molecule has 2 bridgehead atoms. The zero-order valence-corrected chi connectivity index (χ0v) is 18.2. The summed E-state index contributed by atoms with van der Waals surface area (Å²) >= 11 is 0. The second kappa shape index (κ2) is 13.4. The molecular formula is C23H38N2O5. The van der Waals surface area contributed by atoms with Gasteiger partial charge in [0.25, 0.3) is 0 Å². The summed E-state index contributed by atoms with van der Waals surface area (Å²) in [7, 11) is 0. The third-order valence-electron chi connectivity index (χ3n) is 6.09. The van der Waals surface area contributed by atoms with E-state index < -0.39 is 5.97 Å². The fourth-order valence-corrected chi connectivity index (χ4v) is 4.48. The number of rotatable bonds is 15. The summed E-state index contributed by atoms with van der Waals surface area (Å²) in [4.78, 5) is 35.3. The first kappa shape index (κ1) is 24.4. The van der Waals surface area contributed by atoms with Crippen molar-refractivity contribution in [2.24, 2.45) is 11.8 Å². The predicted molar refractivity (Wildman–Crippen MR) is 115 cm³/mol. The van der Waals surface area contributed by atoms with E-state index in [1.165, 1.54) is 19.3 Å². The number of allylic oxidation sites excluding steroid dienone is 2. The first-order valence-electron chi connectivity index (χ1n) is 11.6. The third kappa shape index (κ3) is 8.09. The van der Waals surface area contributed by atoms with Crippen LogP contribution in [0.1, 0.15) is 77.6 Å². The molecule has 4 atom stereocenters. The summed E-state index contributed by atoms with van der Waals surface area (Å²) in [6, 6.07) is 0. The number of unbranched alkanes of at least 4 members (excludes halogenated alkanes) is 5. The first-order chi connectivity index (χ1) is 14.5. The van der Waals surface area contributed by atoms with Crippen molar-refractivity contribution >= 4 is 17.8 Å². The maximum Gasteiger partial charge on any atom is 0.303 e. The van der Waals surface area contributed by atoms with Gasteiger partial charge in [-0.2, -0.15) is 0 Å². The molecule has 170 valence electrons. The Labute approximate surface area is 180 Å². The van der Waals surface area contributed by atoms with Crippen molar-refractivity contribution in [2.45, 2.75) is 89.8 Å². The number of ether oxygens (including phenoxy) is 1. The van der Waals surface area contributed by atoms with Gasteiger partial charge in [0.2, 0.25) is 11.8 Å². The molecular weight excluding hydrogens is 384 g/mol. The van der Waals surface area contributed by atoms with E-state index >= 15 is 0 Å². The number of carbonyl (C=O) groups is 3. The molecule has 0 aromatic rings. The van der Waals surface area contributed by atoms with Gasteiger partial charge in [0, 0.05) is 18.9 Å². The van der Waals surface area contributed by atoms with Gasteiger partial charge in [-0.25, -0.2) is 0 Å². The average molecular weight is 423 g/mol. The number of carbonyl (C=O) groups excluding carboxylic acids is 2. The lowest BCUT2D eigenvalue weighted by Gasteiger charge is -2.26. The van der Waals surface area contributed by atoms with Gasteiger partial charge in [-0.1, -0.05) is 44.8 Å². The van der Waals surface area contributed by atoms with E-state index in [1.54, 1.807) is 0 Å². The van der Waals surface area contributed by atoms with Gasteiger partial charge in [-0.15, -0.1) is 0 Å². The van der Waals surface area contributed by atoms with Gasteiger partial charge in [0.05, 0.1) is 24.7 Å². The van der Waals surface area contributed by atoms with Crippen molar-refractivity contribution in [3.63, 3.8) is 0 Å². The van der Waals surface area contributed by atoms with Crippen molar-refractivity contribution in [2.75, 3.05) is 13.1 Å². The Morgan fingerprint density at radius 3 is 2.53 bits per heavy atom. The number of aliphatic carboxylic acids is 1. The monoisotopic (exact) mass is 422 g/mol. The summed E-state index contributed by atoms with van der Waals surface area (Å²) in [5.41, 5.74) is 0. The molecule has 2 fully saturated rings. The van der Waals surface area contributed by atoms with E-state index in [1.807, 2.05) is 12.2 Å². The Morgan fingerprint density at radius 2 is 1.77 bits per heavy atom. The minimum atomic E-state index is -0.776. The van der Waals surface area contributed by atoms with Crippen LogP contribution in [-0.2, 0) is 19.1 Å². The molecule has 2 heterocycles. The normalized spacial score (nSPS) is 25.0. The highest BCUT2D eigenvalue weighted by Gasteiger charge is 2.51. The first-order valence-corrected chi connectivity index (χ1v) is 11.6. The highest BCUT2D eigenvalue weighted by atomic mass is 16.5. The molecule has 4 unspecified atom stereocenters. The molecule has 2 saturated heterocycles. The number of carboxylic acids is 1. The highest BCUT2D eigenvalue weighted by molar-refractivity contribution is 5.86. The van der Waals surface area contributed by atoms with Gasteiger partial charge in [-0.05, 0) is 38.5 Å². The Kier molecular flexibility index (Phi) is 10.9. The number of hydrogen-bond donors (Lipinski definition) is 3. The molecule has 7 heteroatoms. The number of carboxylic acid groups (broad SMARTS) is 1. The fraction of sp³-hybridized carbons (Fsp3) is 0.783. The van der Waals surface area contributed by atoms with Crippen molar-refractivity contribution in [3.05, 3.63) is 12.2 Å². The molecule has 2 rings (SSSR count). The minimum Gasteiger partial charge on any atom is -0.481 e. The summed E-state index contributed by atoms with van der Waals surface area (Å²) in [5.74, 6) is -1.10. The van der Waals surface area contributed by atoms with Crippen LogP contribution < -0.4 is 10.6 Å². The second-order valence-electron chi connectivity index (χ2n) is 8.46. The molecule has 7 nitrogen and oxygen atoms in total. The average Bonchev–Trinajstić information content (AvgIpc) is 3.32. The van der Waals surface area contributed by atoms with Crippen LogP contribution in [0.5, 0.6) is 0 Å². The van der Waals surface area contributed by atoms with Crippen molar-refractivity contribution < 1.29 is 24.2 Å². The highest BCUT2D eigenvalue weighted by Crippen LogP contribution is 2.45. The molecule has 30 heavy (non-hydrogen) atoms. The van der Waals surface area contributed by atoms with Crippen molar-refractivity contribution in [3.8, 4) is 0 Å². The predicted octanol–water partition coefficient (Wildman–Crippen LogP) is 3.18. The SMILES string of the molecule is CCCCCCCNC(=O)CNC(=O)C1C2CCC(O2)C1C/C=C/CCCC(=O)O. The van der Waals surface area contributed by atoms with Gasteiger partial charge >= 0.3 is 5.97 Å². The third-order valence-corrected chi connectivity index (χ3v) is 6.09. The van der Waals surface area contributed by atoms with Gasteiger partial charge in [-0.3, -0.25) is 14.4 Å². The topological polar surface area (TPSA) is 105 Å². The number of nitrogens with one attached hydrogen (secondary N) is 2. The second-order valence-corrected chi connectivity index (χ2v) is 8.46. The lowest BCUT2D eigenvalue weighted by molar-refractivity contribution is -0.137. The van der Waals surface area contributed by atoms with E-state index in [9.17, 15) is 14.4 Å². The van der Waals surface area contributed by atoms with Crippen LogP contribution in [0.3, 0.4) is 0 Å². The van der Waals surface area contributed by atoms with E-state index in [-0.39, 0.29) is 48.8 Å². The number of amides is 2. The Balaban J connectivity index is 1.69. The molecule has 3 N–H and O–H groups in total. The molecule has 2 aliphatic rings. The molecule has 0 aromatic carbocycles. The lowest BCUT2D eigenvalue weighted by Crippen LogP contribution is -2.44. The van der Waals surface area contributed by atoms with Crippen LogP contribution in [0.15, 0.2) is 12.2 Å². The number of fused-ring (bicyclic) bond motifs is 2. The molecule has 0 aromatic heterocycles. The summed E-state index contributed by atoms with van der Waals surface area (Å²) in [5, 5.41) is 14.4. The Bertz CT molecular complexity index is 592. The standard InChI is InChI=1S/C23H38N2O5/c1-2-3-4-7-10-15-24-20(26)16-25-23(29)22-17(18-13-14-19(22)30-18)11-8-5-6-9-12-21(27)28/h5,8,17-19,22H,2-4,6-7,9-16H2,1H3,(H,24,26)(H,25,29)(H,27,28)/b8-5+. The van der Waals surface area contributed by atoms with Crippen LogP contribution in [-0.4, -0.2) is 48.2 Å². The molecule has 0 aliphatic carbocycles. The Hall–Kier alpha value is -1.89. The van der Waals surface area contributed by atoms with Crippen LogP contribution in [0.25, 0.3) is 0 Å². The van der Waals surface area contributed by atoms with Crippen molar-refractivity contribution in [1.82, 2.24) is 10.6 Å². The maximum atomic E-state index is 12.7. The van der Waals surface area contributed by atoms with Crippen LogP contribution in [0.4, 0.5) is 0 Å². The minimum absolute atomic E-state index is 0.0133. The Morgan fingerprint density at radius 1 is 1.00 bits per heavy atom. The maximum absolute atomic E-state index is 12.7. The van der Waals surface area contributed by atoms with Gasteiger partial charge in [0.1, 0.15) is 0 Å². The van der Waals surface area contributed by atoms with E-state index in [0.717, 1.165) is 38.5 Å². The largest absolute Gasteiger partial charge is 0.481 e. The van der Waals surface area contributed by atoms with E-state index in [4.69, 9.17) is 9.84 Å². The van der Waals surface area contributed by atoms with Crippen LogP contribution >= 0.6 is 0 Å². The zero-order chi connectivity index (χ0) is 21.8. The summed E-state index contributed by atoms with van der Waals surface area (Å²) in [6.07, 6.45) is 14.0. The van der Waals surface area contributed by atoms with Crippen LogP contribution in [0.2, 0.25) is 0 Å².